The van der Waals surface area contributed by atoms with Gasteiger partial charge in [0.25, 0.3) is 5.91 Å². The van der Waals surface area contributed by atoms with Gasteiger partial charge in [-0.2, -0.15) is 13.2 Å². The third-order valence-corrected chi connectivity index (χ3v) is 5.15. The van der Waals surface area contributed by atoms with Crippen LogP contribution >= 0.6 is 0 Å². The van der Waals surface area contributed by atoms with Crippen molar-refractivity contribution in [3.63, 3.8) is 0 Å². The SMILES string of the molecule is CC(C)c1cc(Nc2ccc(C(F)(F)F)c(F)c2)ncc1C(=O)NCC1CCOC(=O)C1. The van der Waals surface area contributed by atoms with E-state index in [9.17, 15) is 27.2 Å². The Morgan fingerprint density at radius 2 is 2.03 bits per heavy atom. The van der Waals surface area contributed by atoms with Gasteiger partial charge in [0.2, 0.25) is 0 Å². The number of benzene rings is 1. The lowest BCUT2D eigenvalue weighted by Crippen LogP contribution is -2.34. The molecule has 2 aromatic rings. The summed E-state index contributed by atoms with van der Waals surface area (Å²) < 4.78 is 56.9. The van der Waals surface area contributed by atoms with Gasteiger partial charge in [0.15, 0.2) is 0 Å². The van der Waals surface area contributed by atoms with Crippen LogP contribution in [0.2, 0.25) is 0 Å². The Labute approximate surface area is 182 Å². The molecule has 172 valence electrons. The van der Waals surface area contributed by atoms with Gasteiger partial charge in [-0.1, -0.05) is 13.8 Å². The predicted molar refractivity (Wildman–Crippen MR) is 109 cm³/mol. The smallest absolute Gasteiger partial charge is 0.419 e. The van der Waals surface area contributed by atoms with Gasteiger partial charge in [0.1, 0.15) is 11.6 Å². The first-order valence-corrected chi connectivity index (χ1v) is 10.1. The van der Waals surface area contributed by atoms with Crippen LogP contribution in [0.15, 0.2) is 30.5 Å². The molecule has 1 saturated heterocycles. The average molecular weight is 453 g/mol. The van der Waals surface area contributed by atoms with Gasteiger partial charge in [-0.3, -0.25) is 9.59 Å². The molecule has 1 atom stereocenters. The number of alkyl halides is 3. The molecule has 2 N–H and O–H groups in total. The van der Waals surface area contributed by atoms with Crippen LogP contribution in [-0.2, 0) is 15.7 Å². The highest BCUT2D eigenvalue weighted by molar-refractivity contribution is 5.96. The maximum atomic E-state index is 13.8. The molecule has 10 heteroatoms. The summed E-state index contributed by atoms with van der Waals surface area (Å²) in [6.45, 7) is 4.43. The second-order valence-electron chi connectivity index (χ2n) is 7.92. The number of ether oxygens (including phenoxy) is 1. The number of anilines is 2. The number of carbonyl (C=O) groups is 2. The molecule has 1 aliphatic heterocycles. The summed E-state index contributed by atoms with van der Waals surface area (Å²) in [5.41, 5.74) is -0.241. The molecule has 1 aromatic heterocycles. The van der Waals surface area contributed by atoms with E-state index in [0.29, 0.717) is 36.8 Å². The molecule has 1 aliphatic rings. The summed E-state index contributed by atoms with van der Waals surface area (Å²) >= 11 is 0. The van der Waals surface area contributed by atoms with Crippen LogP contribution in [0.5, 0.6) is 0 Å². The summed E-state index contributed by atoms with van der Waals surface area (Å²) in [7, 11) is 0. The average Bonchev–Trinajstić information content (AvgIpc) is 2.71. The van der Waals surface area contributed by atoms with Crippen LogP contribution in [0.3, 0.4) is 0 Å². The number of aromatic nitrogens is 1. The van der Waals surface area contributed by atoms with Crippen LogP contribution in [0.4, 0.5) is 29.1 Å². The minimum absolute atomic E-state index is 0.00571. The number of nitrogens with zero attached hydrogens (tertiary/aromatic N) is 1. The zero-order valence-electron chi connectivity index (χ0n) is 17.6. The molecule has 0 aliphatic carbocycles. The molecule has 0 radical (unpaired) electrons. The van der Waals surface area contributed by atoms with Crippen LogP contribution in [0, 0.1) is 11.7 Å². The number of amides is 1. The van der Waals surface area contributed by atoms with E-state index in [0.717, 1.165) is 12.1 Å². The fraction of sp³-hybridized carbons (Fsp3) is 0.409. The predicted octanol–water partition coefficient (Wildman–Crippen LogP) is 4.79. The van der Waals surface area contributed by atoms with E-state index in [1.807, 2.05) is 13.8 Å². The summed E-state index contributed by atoms with van der Waals surface area (Å²) in [5.74, 6) is -1.81. The maximum Gasteiger partial charge on any atom is 0.419 e. The van der Waals surface area contributed by atoms with Gasteiger partial charge >= 0.3 is 12.1 Å². The Kier molecular flexibility index (Phi) is 7.00. The van der Waals surface area contributed by atoms with Crippen LogP contribution in [0.25, 0.3) is 0 Å². The van der Waals surface area contributed by atoms with Crippen molar-refractivity contribution in [1.29, 1.82) is 0 Å². The molecular weight excluding hydrogens is 430 g/mol. The number of halogens is 4. The molecule has 6 nitrogen and oxygen atoms in total. The molecule has 0 saturated carbocycles. The van der Waals surface area contributed by atoms with Crippen molar-refractivity contribution in [2.24, 2.45) is 5.92 Å². The number of carbonyl (C=O) groups excluding carboxylic acids is 2. The van der Waals surface area contributed by atoms with E-state index in [4.69, 9.17) is 4.74 Å². The Balaban J connectivity index is 1.73. The molecule has 0 bridgehead atoms. The van der Waals surface area contributed by atoms with E-state index < -0.39 is 17.6 Å². The largest absolute Gasteiger partial charge is 0.466 e. The first-order chi connectivity index (χ1) is 15.0. The Morgan fingerprint density at radius 3 is 2.66 bits per heavy atom. The van der Waals surface area contributed by atoms with Crippen molar-refractivity contribution >= 4 is 23.4 Å². The zero-order valence-corrected chi connectivity index (χ0v) is 17.6. The topological polar surface area (TPSA) is 80.3 Å². The summed E-state index contributed by atoms with van der Waals surface area (Å²) in [5, 5.41) is 5.59. The molecule has 0 spiro atoms. The number of rotatable bonds is 6. The normalized spacial score (nSPS) is 16.6. The number of cyclic esters (lactones) is 1. The molecular formula is C22H23F4N3O3. The van der Waals surface area contributed by atoms with Crippen LogP contribution in [0.1, 0.15) is 54.1 Å². The number of nitrogens with one attached hydrogen (secondary N) is 2. The van der Waals surface area contributed by atoms with E-state index >= 15 is 0 Å². The highest BCUT2D eigenvalue weighted by Crippen LogP contribution is 2.33. The van der Waals surface area contributed by atoms with E-state index in [1.54, 1.807) is 6.07 Å². The Bertz CT molecular complexity index is 1010. The van der Waals surface area contributed by atoms with Gasteiger partial charge in [-0.25, -0.2) is 9.37 Å². The lowest BCUT2D eigenvalue weighted by molar-refractivity contribution is -0.149. The van der Waals surface area contributed by atoms with Crippen molar-refractivity contribution in [2.45, 2.75) is 38.8 Å². The number of pyridine rings is 1. The summed E-state index contributed by atoms with van der Waals surface area (Å²) in [6.07, 6.45) is -2.49. The minimum atomic E-state index is -4.78. The summed E-state index contributed by atoms with van der Waals surface area (Å²) in [4.78, 5) is 28.2. The standard InChI is InChI=1S/C22H23F4N3O3/c1-12(2)15-9-19(29-14-3-4-17(18(23)8-14)22(24,25)26)27-11-16(15)21(31)28-10-13-5-6-32-20(30)7-13/h3-4,8-9,11-13H,5-7,10H2,1-2H3,(H,27,29)(H,28,31). The summed E-state index contributed by atoms with van der Waals surface area (Å²) in [6, 6.07) is 4.12. The molecule has 1 aromatic carbocycles. The lowest BCUT2D eigenvalue weighted by atomic mass is 9.97. The monoisotopic (exact) mass is 453 g/mol. The van der Waals surface area contributed by atoms with E-state index in [-0.39, 0.29) is 41.6 Å². The third kappa shape index (κ3) is 5.74. The van der Waals surface area contributed by atoms with Crippen LogP contribution < -0.4 is 10.6 Å². The molecule has 32 heavy (non-hydrogen) atoms. The maximum absolute atomic E-state index is 13.8. The second kappa shape index (κ2) is 9.54. The molecule has 1 amide bonds. The fourth-order valence-corrected chi connectivity index (χ4v) is 3.42. The number of esters is 1. The van der Waals surface area contributed by atoms with Crippen LogP contribution in [-0.4, -0.2) is 30.0 Å². The first kappa shape index (κ1) is 23.5. The second-order valence-corrected chi connectivity index (χ2v) is 7.92. The van der Waals surface area contributed by atoms with E-state index in [2.05, 4.69) is 15.6 Å². The highest BCUT2D eigenvalue weighted by Gasteiger charge is 2.34. The third-order valence-electron chi connectivity index (χ3n) is 5.15. The molecule has 1 unspecified atom stereocenters. The Morgan fingerprint density at radius 1 is 1.28 bits per heavy atom. The van der Waals surface area contributed by atoms with Gasteiger partial charge in [0, 0.05) is 18.4 Å². The molecule has 1 fully saturated rings. The number of hydrogen-bond acceptors (Lipinski definition) is 5. The first-order valence-electron chi connectivity index (χ1n) is 10.1. The van der Waals surface area contributed by atoms with E-state index in [1.165, 1.54) is 6.20 Å². The Hall–Kier alpha value is -3.17. The number of hydrogen-bond donors (Lipinski definition) is 2. The molecule has 3 rings (SSSR count). The van der Waals surface area contributed by atoms with Gasteiger partial charge in [-0.15, -0.1) is 0 Å². The van der Waals surface area contributed by atoms with Gasteiger partial charge in [-0.05, 0) is 48.1 Å². The molecule has 2 heterocycles. The van der Waals surface area contributed by atoms with Crippen molar-refractivity contribution < 1.29 is 31.9 Å². The fourth-order valence-electron chi connectivity index (χ4n) is 3.42. The van der Waals surface area contributed by atoms with Crippen molar-refractivity contribution in [2.75, 3.05) is 18.5 Å². The van der Waals surface area contributed by atoms with Crippen molar-refractivity contribution in [1.82, 2.24) is 10.3 Å². The van der Waals surface area contributed by atoms with Crippen molar-refractivity contribution in [3.8, 4) is 0 Å². The highest BCUT2D eigenvalue weighted by atomic mass is 19.4. The van der Waals surface area contributed by atoms with Gasteiger partial charge < -0.3 is 15.4 Å². The zero-order chi connectivity index (χ0) is 23.5. The van der Waals surface area contributed by atoms with Gasteiger partial charge in [0.05, 0.1) is 24.2 Å². The minimum Gasteiger partial charge on any atom is -0.466 e. The van der Waals surface area contributed by atoms with Crippen molar-refractivity contribution in [3.05, 3.63) is 53.0 Å². The quantitative estimate of drug-likeness (QED) is 0.486. The lowest BCUT2D eigenvalue weighted by Gasteiger charge is -2.22.